The van der Waals surface area contributed by atoms with Gasteiger partial charge in [0.25, 0.3) is 5.91 Å². The normalized spacial score (nSPS) is 20.4. The van der Waals surface area contributed by atoms with Crippen LogP contribution in [-0.4, -0.2) is 101 Å². The fourth-order valence-corrected chi connectivity index (χ4v) is 7.93. The maximum atomic E-state index is 13.9. The lowest BCUT2D eigenvalue weighted by Crippen LogP contribution is -2.51. The van der Waals surface area contributed by atoms with Crippen LogP contribution in [0.4, 0.5) is 4.79 Å². The number of alkyl carbamates (subject to hydrolysis) is 1. The maximum Gasteiger partial charge on any atom is 0.407 e. The van der Waals surface area contributed by atoms with Crippen molar-refractivity contribution in [2.24, 2.45) is 11.8 Å². The molecule has 16 heteroatoms. The number of nitrogens with zero attached hydrogens (tertiary/aromatic N) is 1. The first-order chi connectivity index (χ1) is 25.1. The van der Waals surface area contributed by atoms with Gasteiger partial charge in [-0.05, 0) is 61.1 Å². The van der Waals surface area contributed by atoms with Crippen molar-refractivity contribution in [1.82, 2.24) is 14.9 Å². The van der Waals surface area contributed by atoms with Crippen LogP contribution in [0.1, 0.15) is 42.6 Å². The van der Waals surface area contributed by atoms with Crippen molar-refractivity contribution in [3.05, 3.63) is 72.2 Å². The number of sulfonamides is 1. The van der Waals surface area contributed by atoms with Gasteiger partial charge in [0.15, 0.2) is 17.8 Å². The number of nitrogens with one attached hydrogen (secondary N) is 2. The molecule has 5 atom stereocenters. The average molecular weight is 744 g/mol. The molecule has 0 bridgehead atoms. The summed E-state index contributed by atoms with van der Waals surface area (Å²) in [6.45, 7) is 5.07. The van der Waals surface area contributed by atoms with Crippen LogP contribution in [0.15, 0.2) is 70.4 Å². The van der Waals surface area contributed by atoms with Gasteiger partial charge in [-0.2, -0.15) is 4.31 Å². The first kappa shape index (κ1) is 37.4. The zero-order valence-electron chi connectivity index (χ0n) is 29.1. The first-order valence-corrected chi connectivity index (χ1v) is 18.8. The minimum atomic E-state index is -4.09. The van der Waals surface area contributed by atoms with Gasteiger partial charge in [-0.25, -0.2) is 13.2 Å². The number of furan rings is 1. The molecule has 4 heterocycles. The van der Waals surface area contributed by atoms with E-state index in [4.69, 9.17) is 32.8 Å². The lowest BCUT2D eigenvalue weighted by molar-refractivity contribution is -0.0907. The lowest BCUT2D eigenvalue weighted by atomic mass is 10.0. The van der Waals surface area contributed by atoms with Gasteiger partial charge < -0.3 is 48.6 Å². The molecule has 0 aliphatic carbocycles. The fraction of sp³-hybridized carbons (Fsp3) is 0.500. The van der Waals surface area contributed by atoms with Gasteiger partial charge in [-0.15, -0.1) is 0 Å². The SMILES string of the molecule is CC(C)CN(C[C@@H](O)[C@H](Cc1ccc(OCCCNC(=O)c2ccoc2)cc1)NC(=O)O[C@H]1CO[C@H]2OCC[C@H]21)S(=O)(=O)c1ccc2c(c1)OCO2. The van der Waals surface area contributed by atoms with E-state index in [0.29, 0.717) is 55.4 Å². The molecule has 2 aromatic carbocycles. The van der Waals surface area contributed by atoms with Crippen molar-refractivity contribution in [1.29, 1.82) is 0 Å². The van der Waals surface area contributed by atoms with Gasteiger partial charge in [-0.3, -0.25) is 4.79 Å². The van der Waals surface area contributed by atoms with Crippen LogP contribution in [-0.2, 0) is 30.7 Å². The second-order valence-electron chi connectivity index (χ2n) is 13.3. The van der Waals surface area contributed by atoms with Gasteiger partial charge in [-0.1, -0.05) is 26.0 Å². The van der Waals surface area contributed by atoms with Crippen molar-refractivity contribution in [3.63, 3.8) is 0 Å². The summed E-state index contributed by atoms with van der Waals surface area (Å²) in [7, 11) is -4.09. The molecular formula is C36H45N3O12S. The predicted molar refractivity (Wildman–Crippen MR) is 184 cm³/mol. The van der Waals surface area contributed by atoms with E-state index in [-0.39, 0.29) is 55.5 Å². The molecule has 0 spiro atoms. The number of benzene rings is 2. The summed E-state index contributed by atoms with van der Waals surface area (Å²) in [5.41, 5.74) is 1.21. The number of rotatable bonds is 17. The van der Waals surface area contributed by atoms with Crippen LogP contribution in [0.3, 0.4) is 0 Å². The molecule has 0 radical (unpaired) electrons. The Morgan fingerprint density at radius 3 is 2.62 bits per heavy atom. The van der Waals surface area contributed by atoms with Crippen molar-refractivity contribution in [3.8, 4) is 17.2 Å². The number of aliphatic hydroxyl groups excluding tert-OH is 1. The summed E-state index contributed by atoms with van der Waals surface area (Å²) in [6, 6.07) is 12.2. The second-order valence-corrected chi connectivity index (χ2v) is 15.3. The molecule has 3 N–H and O–H groups in total. The molecule has 2 saturated heterocycles. The van der Waals surface area contributed by atoms with E-state index in [1.165, 1.54) is 29.0 Å². The van der Waals surface area contributed by atoms with Crippen molar-refractivity contribution in [2.75, 3.05) is 46.2 Å². The molecule has 6 rings (SSSR count). The topological polar surface area (TPSA) is 184 Å². The number of fused-ring (bicyclic) bond motifs is 2. The molecule has 52 heavy (non-hydrogen) atoms. The van der Waals surface area contributed by atoms with E-state index in [1.807, 2.05) is 26.0 Å². The van der Waals surface area contributed by atoms with E-state index in [2.05, 4.69) is 10.6 Å². The van der Waals surface area contributed by atoms with Gasteiger partial charge in [0.1, 0.15) is 18.1 Å². The third kappa shape index (κ3) is 9.35. The molecular weight excluding hydrogens is 698 g/mol. The first-order valence-electron chi connectivity index (χ1n) is 17.4. The number of carbonyl (C=O) groups is 2. The van der Waals surface area contributed by atoms with Crippen molar-refractivity contribution < 1.29 is 56.0 Å². The number of hydrogen-bond donors (Lipinski definition) is 3. The van der Waals surface area contributed by atoms with E-state index < -0.39 is 40.7 Å². The van der Waals surface area contributed by atoms with Gasteiger partial charge in [0.2, 0.25) is 16.8 Å². The Kier molecular flexibility index (Phi) is 12.2. The molecule has 0 saturated carbocycles. The summed E-state index contributed by atoms with van der Waals surface area (Å²) in [4.78, 5) is 25.3. The van der Waals surface area contributed by atoms with Gasteiger partial charge in [0, 0.05) is 25.7 Å². The molecule has 1 aromatic heterocycles. The Morgan fingerprint density at radius 2 is 1.85 bits per heavy atom. The summed E-state index contributed by atoms with van der Waals surface area (Å²) < 4.78 is 67.5. The molecule has 282 valence electrons. The summed E-state index contributed by atoms with van der Waals surface area (Å²) >= 11 is 0. The monoisotopic (exact) mass is 743 g/mol. The number of carbonyl (C=O) groups excluding carboxylic acids is 2. The largest absolute Gasteiger partial charge is 0.494 e. The smallest absolute Gasteiger partial charge is 0.407 e. The highest BCUT2D eigenvalue weighted by atomic mass is 32.2. The molecule has 2 fully saturated rings. The zero-order valence-corrected chi connectivity index (χ0v) is 29.9. The van der Waals surface area contributed by atoms with E-state index >= 15 is 0 Å². The van der Waals surface area contributed by atoms with Gasteiger partial charge >= 0.3 is 6.09 Å². The number of hydrogen-bond acceptors (Lipinski definition) is 12. The maximum absolute atomic E-state index is 13.9. The average Bonchev–Trinajstić information content (AvgIpc) is 3.95. The molecule has 3 aliphatic rings. The van der Waals surface area contributed by atoms with Crippen LogP contribution in [0.5, 0.6) is 17.2 Å². The Labute approximate surface area is 302 Å². The summed E-state index contributed by atoms with van der Waals surface area (Å²) in [5, 5.41) is 17.3. The highest BCUT2D eigenvalue weighted by molar-refractivity contribution is 7.89. The quantitative estimate of drug-likeness (QED) is 0.172. The highest BCUT2D eigenvalue weighted by Crippen LogP contribution is 2.35. The zero-order chi connectivity index (χ0) is 36.7. The lowest BCUT2D eigenvalue weighted by Gasteiger charge is -2.31. The highest BCUT2D eigenvalue weighted by Gasteiger charge is 2.44. The number of amides is 2. The Hall–Kier alpha value is -4.35. The molecule has 3 aliphatic heterocycles. The molecule has 2 amide bonds. The Balaban J connectivity index is 1.11. The predicted octanol–water partition coefficient (Wildman–Crippen LogP) is 3.31. The van der Waals surface area contributed by atoms with Crippen molar-refractivity contribution >= 4 is 22.0 Å². The Bertz CT molecular complexity index is 1750. The summed E-state index contributed by atoms with van der Waals surface area (Å²) in [5.74, 6) is 0.995. The van der Waals surface area contributed by atoms with Crippen LogP contribution >= 0.6 is 0 Å². The van der Waals surface area contributed by atoms with E-state index in [1.54, 1.807) is 24.3 Å². The number of ether oxygens (including phenoxy) is 6. The molecule has 0 unspecified atom stereocenters. The molecule has 3 aromatic rings. The molecule has 15 nitrogen and oxygen atoms in total. The summed E-state index contributed by atoms with van der Waals surface area (Å²) in [6.07, 6.45) is 1.25. The fourth-order valence-electron chi connectivity index (χ4n) is 6.29. The second kappa shape index (κ2) is 17.0. The van der Waals surface area contributed by atoms with Crippen LogP contribution < -0.4 is 24.8 Å². The van der Waals surface area contributed by atoms with E-state index in [0.717, 1.165) is 5.56 Å². The third-order valence-electron chi connectivity index (χ3n) is 8.99. The van der Waals surface area contributed by atoms with Crippen LogP contribution in [0.2, 0.25) is 0 Å². The van der Waals surface area contributed by atoms with Gasteiger partial charge in [0.05, 0.1) is 54.6 Å². The Morgan fingerprint density at radius 1 is 1.04 bits per heavy atom. The van der Waals surface area contributed by atoms with Crippen molar-refractivity contribution in [2.45, 2.75) is 62.5 Å². The minimum absolute atomic E-state index is 0.000908. The standard InChI is InChI=1S/C36H45N3O12S/c1-23(2)18-39(52(43,44)27-8-9-31-32(17-27)50-22-49-31)19-30(40)29(38-36(42)51-33-21-48-35-28(33)11-15-47-35)16-24-4-6-26(7-5-24)46-13-3-12-37-34(41)25-10-14-45-20-25/h4-10,14,17,20,23,28-30,33,35,40H,3,11-13,15-16,18-19,21-22H2,1-2H3,(H,37,41)(H,38,42)/t28-,29-,30+,33-,35+/m0/s1. The van der Waals surface area contributed by atoms with Crippen LogP contribution in [0, 0.1) is 11.8 Å². The number of aliphatic hydroxyl groups is 1. The van der Waals surface area contributed by atoms with E-state index in [9.17, 15) is 23.1 Å². The van der Waals surface area contributed by atoms with Crippen LogP contribution in [0.25, 0.3) is 0 Å². The minimum Gasteiger partial charge on any atom is -0.494 e. The third-order valence-corrected chi connectivity index (χ3v) is 10.8.